The van der Waals surface area contributed by atoms with Gasteiger partial charge in [0.25, 0.3) is 0 Å². The molecule has 3 heterocycles. The number of imidazole rings is 1. The van der Waals surface area contributed by atoms with Gasteiger partial charge in [0.05, 0.1) is 12.4 Å². The summed E-state index contributed by atoms with van der Waals surface area (Å²) in [4.78, 5) is 12.5. The van der Waals surface area contributed by atoms with Gasteiger partial charge in [-0.3, -0.25) is 4.57 Å². The molecule has 8 nitrogen and oxygen atoms in total. The monoisotopic (exact) mass is 413 g/mol. The van der Waals surface area contributed by atoms with Crippen LogP contribution in [0.3, 0.4) is 0 Å². The quantitative estimate of drug-likeness (QED) is 0.585. The molecule has 0 spiro atoms. The number of aliphatic hydroxyl groups is 1. The van der Waals surface area contributed by atoms with E-state index in [9.17, 15) is 5.11 Å². The minimum atomic E-state index is -2.15. The summed E-state index contributed by atoms with van der Waals surface area (Å²) in [5, 5.41) is 10.9. The van der Waals surface area contributed by atoms with E-state index in [1.165, 1.54) is 0 Å². The number of halogens is 1. The fourth-order valence-corrected chi connectivity index (χ4v) is 4.48. The molecule has 10 heteroatoms. The van der Waals surface area contributed by atoms with Crippen LogP contribution in [0.1, 0.15) is 40.3 Å². The molecule has 3 rings (SSSR count). The zero-order valence-corrected chi connectivity index (χ0v) is 18.4. The third-order valence-electron chi connectivity index (χ3n) is 5.65. The molecule has 27 heavy (non-hydrogen) atoms. The first-order valence-electron chi connectivity index (χ1n) is 9.13. The Labute approximate surface area is 165 Å². The summed E-state index contributed by atoms with van der Waals surface area (Å²) in [6.07, 6.45) is 0.0546. The van der Waals surface area contributed by atoms with Crippen molar-refractivity contribution in [1.82, 2.24) is 19.5 Å². The van der Waals surface area contributed by atoms with Crippen LogP contribution < -0.4 is 5.73 Å². The minimum Gasteiger partial charge on any atom is -0.407 e. The third kappa shape index (κ3) is 3.58. The topological polar surface area (TPSA) is 108 Å². The minimum absolute atomic E-state index is 0.00547. The van der Waals surface area contributed by atoms with Gasteiger partial charge in [0.1, 0.15) is 17.7 Å². The average molecular weight is 414 g/mol. The van der Waals surface area contributed by atoms with Gasteiger partial charge in [0.2, 0.25) is 5.28 Å². The molecular formula is C17H28ClN5O3Si. The van der Waals surface area contributed by atoms with Crippen LogP contribution in [0.5, 0.6) is 0 Å². The molecule has 1 aliphatic heterocycles. The van der Waals surface area contributed by atoms with Gasteiger partial charge in [-0.05, 0) is 36.2 Å². The molecule has 150 valence electrons. The number of ether oxygens (including phenoxy) is 1. The number of aliphatic hydroxyl groups excluding tert-OH is 1. The molecule has 1 saturated heterocycles. The smallest absolute Gasteiger partial charge is 0.226 e. The number of fused-ring (bicyclic) bond motifs is 1. The molecular weight excluding hydrogens is 386 g/mol. The highest BCUT2D eigenvalue weighted by molar-refractivity contribution is 6.74. The maximum atomic E-state index is 10.9. The van der Waals surface area contributed by atoms with E-state index in [1.807, 2.05) is 6.92 Å². The van der Waals surface area contributed by atoms with E-state index in [0.29, 0.717) is 17.6 Å². The van der Waals surface area contributed by atoms with Crippen molar-refractivity contribution in [2.45, 2.75) is 76.8 Å². The Kier molecular flexibility index (Phi) is 5.28. The Balaban J connectivity index is 2.04. The molecule has 0 amide bonds. The number of rotatable bonds is 4. The van der Waals surface area contributed by atoms with Crippen molar-refractivity contribution in [3.63, 3.8) is 0 Å². The van der Waals surface area contributed by atoms with Crippen LogP contribution in [-0.4, -0.2) is 51.3 Å². The van der Waals surface area contributed by atoms with Crippen molar-refractivity contribution in [2.24, 2.45) is 0 Å². The number of anilines is 1. The lowest BCUT2D eigenvalue weighted by Crippen LogP contribution is -2.48. The second kappa shape index (κ2) is 6.96. The van der Waals surface area contributed by atoms with E-state index in [-0.39, 0.29) is 22.2 Å². The SMILES string of the molecule is CC[C@H]1O[C@@H](n2cnc3c(N)nc(Cl)nc32)[C@H](O[Si](C)(C)C(C)(C)C)[C@@H]1O. The highest BCUT2D eigenvalue weighted by Gasteiger charge is 2.50. The molecule has 0 bridgehead atoms. The Bertz CT molecular complexity index is 838. The lowest BCUT2D eigenvalue weighted by Gasteiger charge is -2.40. The first-order valence-corrected chi connectivity index (χ1v) is 12.4. The zero-order chi connectivity index (χ0) is 20.1. The maximum Gasteiger partial charge on any atom is 0.226 e. The molecule has 2 aromatic heterocycles. The summed E-state index contributed by atoms with van der Waals surface area (Å²) in [6.45, 7) is 12.8. The fraction of sp³-hybridized carbons (Fsp3) is 0.706. The predicted molar refractivity (Wildman–Crippen MR) is 107 cm³/mol. The first-order chi connectivity index (χ1) is 12.5. The van der Waals surface area contributed by atoms with Crippen LogP contribution in [0.2, 0.25) is 23.4 Å². The van der Waals surface area contributed by atoms with Crippen LogP contribution >= 0.6 is 11.6 Å². The van der Waals surface area contributed by atoms with E-state index in [2.05, 4.69) is 48.8 Å². The summed E-state index contributed by atoms with van der Waals surface area (Å²) < 4.78 is 14.4. The van der Waals surface area contributed by atoms with Crippen molar-refractivity contribution < 1.29 is 14.3 Å². The van der Waals surface area contributed by atoms with Gasteiger partial charge in [0.15, 0.2) is 26.0 Å². The second-order valence-corrected chi connectivity index (χ2v) is 13.6. The molecule has 0 saturated carbocycles. The molecule has 0 radical (unpaired) electrons. The second-order valence-electron chi connectivity index (χ2n) is 8.51. The fourth-order valence-electron chi connectivity index (χ4n) is 3.02. The predicted octanol–water partition coefficient (Wildman–Crippen LogP) is 3.12. The van der Waals surface area contributed by atoms with Crippen LogP contribution in [-0.2, 0) is 9.16 Å². The lowest BCUT2D eigenvalue weighted by atomic mass is 10.1. The van der Waals surface area contributed by atoms with Crippen LogP contribution in [0.25, 0.3) is 11.2 Å². The van der Waals surface area contributed by atoms with Crippen LogP contribution in [0.4, 0.5) is 5.82 Å². The normalized spacial score (nSPS) is 26.8. The maximum absolute atomic E-state index is 10.9. The van der Waals surface area contributed by atoms with Gasteiger partial charge in [-0.25, -0.2) is 4.98 Å². The van der Waals surface area contributed by atoms with Gasteiger partial charge >= 0.3 is 0 Å². The summed E-state index contributed by atoms with van der Waals surface area (Å²) in [7, 11) is -2.15. The summed E-state index contributed by atoms with van der Waals surface area (Å²) >= 11 is 5.99. The van der Waals surface area contributed by atoms with Crippen LogP contribution in [0, 0.1) is 0 Å². The summed E-state index contributed by atoms with van der Waals surface area (Å²) in [6, 6.07) is 0. The van der Waals surface area contributed by atoms with Gasteiger partial charge in [-0.1, -0.05) is 27.7 Å². The lowest BCUT2D eigenvalue weighted by molar-refractivity contribution is -0.0325. The Morgan fingerprint density at radius 1 is 1.37 bits per heavy atom. The standard InChI is InChI=1S/C17H28ClN5O3Si/c1-7-9-11(24)12(26-27(5,6)17(2,3)4)15(25-9)23-8-20-10-13(19)21-16(18)22-14(10)23/h8-9,11-12,15,24H,7H2,1-6H3,(H2,19,21,22)/t9-,11-,12-,15-/m1/s1. The number of hydrogen-bond acceptors (Lipinski definition) is 7. The molecule has 4 atom stereocenters. The van der Waals surface area contributed by atoms with Crippen molar-refractivity contribution in [3.05, 3.63) is 11.6 Å². The van der Waals surface area contributed by atoms with Gasteiger partial charge in [0, 0.05) is 0 Å². The van der Waals surface area contributed by atoms with Crippen molar-refractivity contribution in [1.29, 1.82) is 0 Å². The number of nitrogen functional groups attached to an aromatic ring is 1. The van der Waals surface area contributed by atoms with Crippen molar-refractivity contribution in [3.8, 4) is 0 Å². The number of nitrogens with two attached hydrogens (primary N) is 1. The van der Waals surface area contributed by atoms with Crippen LogP contribution in [0.15, 0.2) is 6.33 Å². The van der Waals surface area contributed by atoms with Gasteiger partial charge in [-0.15, -0.1) is 0 Å². The van der Waals surface area contributed by atoms with E-state index in [1.54, 1.807) is 10.9 Å². The first kappa shape index (κ1) is 20.5. The zero-order valence-electron chi connectivity index (χ0n) is 16.6. The molecule has 2 aromatic rings. The number of nitrogens with zero attached hydrogens (tertiary/aromatic N) is 4. The third-order valence-corrected chi connectivity index (χ3v) is 10.3. The van der Waals surface area contributed by atoms with E-state index >= 15 is 0 Å². The Morgan fingerprint density at radius 3 is 2.63 bits per heavy atom. The molecule has 0 unspecified atom stereocenters. The van der Waals surface area contributed by atoms with Gasteiger partial charge in [-0.2, -0.15) is 9.97 Å². The van der Waals surface area contributed by atoms with E-state index < -0.39 is 26.8 Å². The van der Waals surface area contributed by atoms with E-state index in [0.717, 1.165) is 0 Å². The molecule has 1 fully saturated rings. The Morgan fingerprint density at radius 2 is 2.04 bits per heavy atom. The molecule has 0 aliphatic carbocycles. The highest BCUT2D eigenvalue weighted by Crippen LogP contribution is 2.42. The van der Waals surface area contributed by atoms with E-state index in [4.69, 9.17) is 26.5 Å². The summed E-state index contributed by atoms with van der Waals surface area (Å²) in [5.41, 5.74) is 6.83. The Hall–Kier alpha value is -1.26. The van der Waals surface area contributed by atoms with Gasteiger partial charge < -0.3 is 20.0 Å². The average Bonchev–Trinajstić information content (AvgIpc) is 3.08. The molecule has 0 aromatic carbocycles. The highest BCUT2D eigenvalue weighted by atomic mass is 35.5. The summed E-state index contributed by atoms with van der Waals surface area (Å²) in [5.74, 6) is 0.205. The van der Waals surface area contributed by atoms with Crippen molar-refractivity contribution in [2.75, 3.05) is 5.73 Å². The number of aromatic nitrogens is 4. The molecule has 1 aliphatic rings. The van der Waals surface area contributed by atoms with Crippen molar-refractivity contribution >= 4 is 36.9 Å². The molecule has 3 N–H and O–H groups in total. The largest absolute Gasteiger partial charge is 0.407 e. The number of hydrogen-bond donors (Lipinski definition) is 2.